The Hall–Kier alpha value is -1.64. The van der Waals surface area contributed by atoms with E-state index in [-0.39, 0.29) is 99.3 Å². The highest BCUT2D eigenvalue weighted by atomic mass is 32.1. The number of allylic oxidation sites excluding steroid dienone is 1. The van der Waals surface area contributed by atoms with Gasteiger partial charge in [-0.3, -0.25) is 4.79 Å². The van der Waals surface area contributed by atoms with Crippen LogP contribution in [0.4, 0.5) is 5.69 Å². The lowest BCUT2D eigenvalue weighted by Crippen LogP contribution is -2.53. The minimum atomic E-state index is -0.890. The fourth-order valence-electron chi connectivity index (χ4n) is 7.51. The van der Waals surface area contributed by atoms with E-state index in [9.17, 15) is 9.90 Å². The maximum atomic E-state index is 12.3. The van der Waals surface area contributed by atoms with Crippen LogP contribution in [0.2, 0.25) is 0 Å². The van der Waals surface area contributed by atoms with Crippen molar-refractivity contribution in [1.82, 2.24) is 0 Å². The van der Waals surface area contributed by atoms with E-state index in [4.69, 9.17) is 4.74 Å². The van der Waals surface area contributed by atoms with Gasteiger partial charge in [0.15, 0.2) is 5.78 Å². The zero-order valence-electron chi connectivity index (χ0n) is 22.5. The van der Waals surface area contributed by atoms with Gasteiger partial charge in [-0.15, -0.1) is 0 Å². The molecule has 1 N–H and O–H groups in total. The second-order valence-electron chi connectivity index (χ2n) is 11.3. The van der Waals surface area contributed by atoms with Gasteiger partial charge in [0.25, 0.3) is 0 Å². The summed E-state index contributed by atoms with van der Waals surface area (Å²) < 4.78 is 6.62. The van der Waals surface area contributed by atoms with Crippen LogP contribution in [0.1, 0.15) is 85.8 Å². The van der Waals surface area contributed by atoms with E-state index in [0.29, 0.717) is 13.0 Å². The van der Waals surface area contributed by atoms with Gasteiger partial charge in [-0.1, -0.05) is 79.1 Å². The average Bonchev–Trinajstić information content (AvgIpc) is 3.15. The second kappa shape index (κ2) is 15.9. The van der Waals surface area contributed by atoms with Crippen LogP contribution < -0.4 is 4.90 Å². The highest BCUT2D eigenvalue weighted by molar-refractivity contribution is 7.59. The molecule has 1 aliphatic heterocycles. The number of hydrogen-bond donors (Lipinski definition) is 1. The first-order chi connectivity index (χ1) is 16.8. The van der Waals surface area contributed by atoms with Crippen molar-refractivity contribution < 1.29 is 14.6 Å². The van der Waals surface area contributed by atoms with Crippen molar-refractivity contribution in [3.05, 3.63) is 88.5 Å². The maximum absolute atomic E-state index is 12.3. The fourth-order valence-corrected chi connectivity index (χ4v) is 7.51. The first-order valence-corrected chi connectivity index (χ1v) is 13.0. The van der Waals surface area contributed by atoms with Crippen molar-refractivity contribution in [3.63, 3.8) is 0 Å². The number of hydrogen-bond acceptors (Lipinski definition) is 4. The molecule has 2 fully saturated rings. The predicted octanol–water partition coefficient (Wildman–Crippen LogP) is 8.41. The first kappa shape index (κ1) is 42.5. The van der Waals surface area contributed by atoms with E-state index >= 15 is 0 Å². The molecule has 5 atom stereocenters. The van der Waals surface area contributed by atoms with Crippen molar-refractivity contribution in [1.29, 1.82) is 0 Å². The summed E-state index contributed by atoms with van der Waals surface area (Å²) in [5.41, 5.74) is 6.04. The van der Waals surface area contributed by atoms with Crippen molar-refractivity contribution in [2.24, 2.45) is 11.3 Å². The van der Waals surface area contributed by atoms with E-state index in [0.717, 1.165) is 36.8 Å². The summed E-state index contributed by atoms with van der Waals surface area (Å²) in [6.45, 7) is 2.79. The third kappa shape index (κ3) is 6.56. The minimum Gasteiger partial charge on any atom is -0.385 e. The monoisotopic (exact) mass is 635 g/mol. The molecule has 3 aliphatic carbocycles. The molecule has 42 heavy (non-hydrogen) atoms. The molecule has 238 valence electrons. The van der Waals surface area contributed by atoms with E-state index in [2.05, 4.69) is 62.3 Å². The molecule has 0 saturated heterocycles. The molecule has 2 aromatic carbocycles. The molecular formula is C35H57NO3S3. The summed E-state index contributed by atoms with van der Waals surface area (Å²) in [6, 6.07) is 19.1. The van der Waals surface area contributed by atoms with Gasteiger partial charge in [0.2, 0.25) is 0 Å². The van der Waals surface area contributed by atoms with Crippen LogP contribution in [-0.4, -0.2) is 37.7 Å². The smallest absolute Gasteiger partial charge is 0.156 e. The molecule has 0 spiro atoms. The van der Waals surface area contributed by atoms with Gasteiger partial charge < -0.3 is 14.7 Å². The Balaban J connectivity index is 0. The Labute approximate surface area is 277 Å². The number of rotatable bonds is 3. The van der Waals surface area contributed by atoms with Gasteiger partial charge in [0, 0.05) is 37.5 Å². The largest absolute Gasteiger partial charge is 0.385 e. The van der Waals surface area contributed by atoms with Crippen LogP contribution in [0.5, 0.6) is 0 Å². The number of carbonyl (C=O) groups is 1. The predicted molar refractivity (Wildman–Crippen MR) is 196 cm³/mol. The Kier molecular flexibility index (Phi) is 16.1. The standard InChI is InChI=1S/C31H35NO3.4CH4.3H2S/c1-30-18-26(20-9-11-23(12-10-20)32(2)3)28-25-14-13-24(33)17-21(25)19-35-29(28)27(30)15-16-31(30,34)22-7-5-4-6-8-22;;;;;;;/h4-12,17,26-27,29,34H,13-16,18-19H2,1-3H3;4*1H4;3*1H2/t26?,27-,29-,30-,31+;;;;;;;/m0......./s1. The molecule has 6 rings (SSSR count). The highest BCUT2D eigenvalue weighted by Crippen LogP contribution is 2.66. The number of aliphatic hydroxyl groups is 1. The molecule has 0 amide bonds. The number of ether oxygens (including phenoxy) is 1. The molecule has 2 saturated carbocycles. The lowest BCUT2D eigenvalue weighted by molar-refractivity contribution is -0.122. The minimum absolute atomic E-state index is 0. The number of ketones is 1. The molecule has 0 bridgehead atoms. The first-order valence-electron chi connectivity index (χ1n) is 13.0. The fraction of sp³-hybridized carbons (Fsp3) is 0.514. The molecule has 1 unspecified atom stereocenters. The summed E-state index contributed by atoms with van der Waals surface area (Å²) in [4.78, 5) is 14.3. The Morgan fingerprint density at radius 2 is 1.52 bits per heavy atom. The van der Waals surface area contributed by atoms with Gasteiger partial charge in [0.1, 0.15) is 0 Å². The molecule has 0 radical (unpaired) electrons. The normalized spacial score (nSPS) is 28.4. The lowest BCUT2D eigenvalue weighted by Gasteiger charge is -2.54. The molecule has 2 aromatic rings. The summed E-state index contributed by atoms with van der Waals surface area (Å²) in [5.74, 6) is 0.600. The van der Waals surface area contributed by atoms with E-state index in [1.54, 1.807) is 0 Å². The van der Waals surface area contributed by atoms with Gasteiger partial charge in [-0.25, -0.2) is 0 Å². The Morgan fingerprint density at radius 1 is 0.905 bits per heavy atom. The molecule has 1 heterocycles. The quantitative estimate of drug-likeness (QED) is 0.368. The summed E-state index contributed by atoms with van der Waals surface area (Å²) in [7, 11) is 4.12. The van der Waals surface area contributed by atoms with Crippen LogP contribution in [0.25, 0.3) is 0 Å². The van der Waals surface area contributed by atoms with E-state index in [1.807, 2.05) is 24.3 Å². The zero-order valence-corrected chi connectivity index (χ0v) is 25.5. The third-order valence-corrected chi connectivity index (χ3v) is 9.43. The number of fused-ring (bicyclic) bond motifs is 4. The number of anilines is 1. The van der Waals surface area contributed by atoms with Crippen molar-refractivity contribution >= 4 is 52.0 Å². The highest BCUT2D eigenvalue weighted by Gasteiger charge is 2.64. The number of carbonyl (C=O) groups excluding carboxylic acids is 1. The van der Waals surface area contributed by atoms with Crippen LogP contribution >= 0.6 is 40.5 Å². The Morgan fingerprint density at radius 3 is 2.12 bits per heavy atom. The van der Waals surface area contributed by atoms with Crippen molar-refractivity contribution in [2.75, 3.05) is 25.6 Å². The molecule has 0 aromatic heterocycles. The molecule has 7 heteroatoms. The van der Waals surface area contributed by atoms with Crippen LogP contribution in [0, 0.1) is 11.3 Å². The van der Waals surface area contributed by atoms with Crippen molar-refractivity contribution in [3.8, 4) is 0 Å². The Bertz CT molecular complexity index is 1230. The van der Waals surface area contributed by atoms with E-state index in [1.165, 1.54) is 22.4 Å². The van der Waals surface area contributed by atoms with Crippen molar-refractivity contribution in [2.45, 2.75) is 86.4 Å². The third-order valence-electron chi connectivity index (χ3n) is 9.43. The SMILES string of the molecule is C.C.C.C.CN(C)c1ccc(C2C[C@@]3(C)[C@@H](CC[C@@]3(O)c3ccccc3)[C@@H]3OCC4=CC(=O)CCC4=C23)cc1.S.S.S. The van der Waals surface area contributed by atoms with Crippen LogP contribution in [-0.2, 0) is 15.1 Å². The van der Waals surface area contributed by atoms with Gasteiger partial charge in [-0.2, -0.15) is 40.5 Å². The van der Waals surface area contributed by atoms with Gasteiger partial charge in [-0.05, 0) is 77.7 Å². The molecule has 4 aliphatic rings. The summed E-state index contributed by atoms with van der Waals surface area (Å²) in [5, 5.41) is 12.3. The van der Waals surface area contributed by atoms with Gasteiger partial charge in [0.05, 0.1) is 18.3 Å². The number of benzene rings is 2. The summed E-state index contributed by atoms with van der Waals surface area (Å²) in [6.07, 6.45) is 5.73. The topological polar surface area (TPSA) is 49.8 Å². The second-order valence-corrected chi connectivity index (χ2v) is 11.3. The molecular weight excluding hydrogens is 579 g/mol. The van der Waals surface area contributed by atoms with Gasteiger partial charge >= 0.3 is 0 Å². The summed E-state index contributed by atoms with van der Waals surface area (Å²) >= 11 is 0. The van der Waals surface area contributed by atoms with E-state index < -0.39 is 5.60 Å². The zero-order chi connectivity index (χ0) is 24.4. The number of nitrogens with zero attached hydrogens (tertiary/aromatic N) is 1. The maximum Gasteiger partial charge on any atom is 0.156 e. The molecule has 4 nitrogen and oxygen atoms in total. The van der Waals surface area contributed by atoms with Crippen LogP contribution in [0.15, 0.2) is 77.4 Å². The lowest BCUT2D eigenvalue weighted by atomic mass is 9.54. The van der Waals surface area contributed by atoms with Crippen LogP contribution in [0.3, 0.4) is 0 Å². The average molecular weight is 636 g/mol.